The van der Waals surface area contributed by atoms with Crippen LogP contribution in [0.25, 0.3) is 22.6 Å². The summed E-state index contributed by atoms with van der Waals surface area (Å²) in [7, 11) is 0. The van der Waals surface area contributed by atoms with Gasteiger partial charge in [0.1, 0.15) is 17.2 Å². The van der Waals surface area contributed by atoms with Crippen molar-refractivity contribution in [3.8, 4) is 11.4 Å². The number of nitrogens with zero attached hydrogens (tertiary/aromatic N) is 4. The Labute approximate surface area is 209 Å². The number of hydrogen-bond acceptors (Lipinski definition) is 5. The van der Waals surface area contributed by atoms with Crippen LogP contribution in [0.15, 0.2) is 42.5 Å². The number of aryl methyl sites for hydroxylation is 1. The lowest BCUT2D eigenvalue weighted by Gasteiger charge is -2.17. The summed E-state index contributed by atoms with van der Waals surface area (Å²) >= 11 is 0. The van der Waals surface area contributed by atoms with E-state index in [4.69, 9.17) is 0 Å². The minimum absolute atomic E-state index is 0.00553. The van der Waals surface area contributed by atoms with E-state index in [2.05, 4.69) is 20.3 Å². The van der Waals surface area contributed by atoms with E-state index in [-0.39, 0.29) is 29.6 Å². The van der Waals surface area contributed by atoms with E-state index in [0.29, 0.717) is 28.9 Å². The zero-order valence-electron chi connectivity index (χ0n) is 20.0. The monoisotopic (exact) mass is 513 g/mol. The zero-order valence-corrected chi connectivity index (χ0v) is 20.0. The van der Waals surface area contributed by atoms with Crippen molar-refractivity contribution in [1.82, 2.24) is 19.5 Å². The normalized spacial score (nSPS) is 14.6. The molecule has 0 saturated heterocycles. The topological polar surface area (TPSA) is 92.9 Å². The number of carboxylic acid groups (broad SMARTS) is 1. The van der Waals surface area contributed by atoms with E-state index >= 15 is 0 Å². The van der Waals surface area contributed by atoms with Crippen LogP contribution in [0.3, 0.4) is 0 Å². The summed E-state index contributed by atoms with van der Waals surface area (Å²) in [4.78, 5) is 24.7. The van der Waals surface area contributed by atoms with Crippen molar-refractivity contribution in [2.24, 2.45) is 5.92 Å². The smallest absolute Gasteiger partial charge is 0.419 e. The van der Waals surface area contributed by atoms with Gasteiger partial charge in [0.05, 0.1) is 5.56 Å². The second kappa shape index (κ2) is 9.13. The van der Waals surface area contributed by atoms with Crippen LogP contribution in [-0.4, -0.2) is 36.6 Å². The molecular formula is C26H23F4N5O2. The molecule has 7 nitrogen and oxygen atoms in total. The first-order valence-corrected chi connectivity index (χ1v) is 11.7. The lowest BCUT2D eigenvalue weighted by molar-refractivity contribution is -0.140. The van der Waals surface area contributed by atoms with Crippen LogP contribution in [-0.2, 0) is 12.7 Å². The van der Waals surface area contributed by atoms with Crippen molar-refractivity contribution in [2.45, 2.75) is 45.5 Å². The zero-order chi connectivity index (χ0) is 26.5. The molecule has 1 saturated carbocycles. The molecule has 0 aliphatic heterocycles. The van der Waals surface area contributed by atoms with Crippen molar-refractivity contribution in [2.75, 3.05) is 5.32 Å². The molecule has 2 N–H and O–H groups in total. The number of nitrogens with one attached hydrogen (secondary N) is 1. The van der Waals surface area contributed by atoms with E-state index in [0.717, 1.165) is 24.5 Å². The molecule has 5 rings (SSSR count). The van der Waals surface area contributed by atoms with Gasteiger partial charge in [0.15, 0.2) is 11.5 Å². The van der Waals surface area contributed by atoms with Gasteiger partial charge >= 0.3 is 12.1 Å². The van der Waals surface area contributed by atoms with Crippen LogP contribution in [0.5, 0.6) is 0 Å². The average molecular weight is 513 g/mol. The second-order valence-corrected chi connectivity index (χ2v) is 9.35. The third-order valence-corrected chi connectivity index (χ3v) is 6.44. The highest BCUT2D eigenvalue weighted by Gasteiger charge is 2.34. The Morgan fingerprint density at radius 1 is 1.16 bits per heavy atom. The number of rotatable bonds is 7. The van der Waals surface area contributed by atoms with E-state index in [1.807, 2.05) is 38.1 Å². The van der Waals surface area contributed by atoms with Crippen LogP contribution in [0.2, 0.25) is 0 Å². The molecule has 0 radical (unpaired) electrons. The maximum Gasteiger partial charge on any atom is 0.419 e. The SMILES string of the molecule is Cc1cccc(-c2nc3nc(C(=O)O)nc(NC(C)C4CC4)c3n2Cc2ccc(C(F)(F)F)c(F)c2)c1. The number of fused-ring (bicyclic) bond motifs is 1. The van der Waals surface area contributed by atoms with Crippen LogP contribution in [0.1, 0.15) is 47.1 Å². The standard InChI is InChI=1S/C26H23F4N5O2/c1-13-4-3-5-17(10-13)24-34-22-20(21(31-14(2)16-7-8-16)32-23(33-22)25(36)37)35(24)12-15-6-9-18(19(27)11-15)26(28,29)30/h3-6,9-11,14,16H,7-8,12H2,1-2H3,(H,36,37)(H,31,32,33). The largest absolute Gasteiger partial charge is 0.475 e. The van der Waals surface area contributed by atoms with Gasteiger partial charge in [-0.1, -0.05) is 29.8 Å². The van der Waals surface area contributed by atoms with Gasteiger partial charge in [-0.25, -0.2) is 24.1 Å². The first kappa shape index (κ1) is 24.7. The Bertz CT molecular complexity index is 1510. The van der Waals surface area contributed by atoms with E-state index in [1.54, 1.807) is 4.57 Å². The van der Waals surface area contributed by atoms with E-state index in [1.165, 1.54) is 6.07 Å². The summed E-state index contributed by atoms with van der Waals surface area (Å²) in [5.41, 5.74) is 1.04. The fourth-order valence-corrected chi connectivity index (χ4v) is 4.39. The lowest BCUT2D eigenvalue weighted by Crippen LogP contribution is -2.20. The summed E-state index contributed by atoms with van der Waals surface area (Å²) in [6.45, 7) is 3.82. The van der Waals surface area contributed by atoms with E-state index in [9.17, 15) is 27.5 Å². The Hall–Kier alpha value is -4.02. The highest BCUT2D eigenvalue weighted by atomic mass is 19.4. The summed E-state index contributed by atoms with van der Waals surface area (Å²) in [5, 5.41) is 12.9. The molecule has 37 heavy (non-hydrogen) atoms. The van der Waals surface area contributed by atoms with Crippen molar-refractivity contribution in [3.05, 3.63) is 70.8 Å². The van der Waals surface area contributed by atoms with Gasteiger partial charge in [0.2, 0.25) is 5.82 Å². The maximum absolute atomic E-state index is 14.4. The number of carbonyl (C=O) groups is 1. The fourth-order valence-electron chi connectivity index (χ4n) is 4.39. The molecule has 1 unspecified atom stereocenters. The Morgan fingerprint density at radius 2 is 1.92 bits per heavy atom. The Kier molecular flexibility index (Phi) is 6.09. The number of aromatic nitrogens is 4. The molecule has 2 aromatic carbocycles. The number of halogens is 4. The Balaban J connectivity index is 1.71. The number of alkyl halides is 3. The van der Waals surface area contributed by atoms with Crippen molar-refractivity contribution in [1.29, 1.82) is 0 Å². The summed E-state index contributed by atoms with van der Waals surface area (Å²) in [6, 6.07) is 10.2. The molecule has 0 bridgehead atoms. The highest BCUT2D eigenvalue weighted by molar-refractivity contribution is 5.92. The predicted molar refractivity (Wildman–Crippen MR) is 129 cm³/mol. The highest BCUT2D eigenvalue weighted by Crippen LogP contribution is 2.36. The molecule has 1 fully saturated rings. The number of aromatic carboxylic acids is 1. The third kappa shape index (κ3) is 4.98. The van der Waals surface area contributed by atoms with Gasteiger partial charge in [-0.2, -0.15) is 13.2 Å². The van der Waals surface area contributed by atoms with Gasteiger partial charge in [-0.3, -0.25) is 0 Å². The molecule has 4 aromatic rings. The van der Waals surface area contributed by atoms with Crippen molar-refractivity contribution < 1.29 is 27.5 Å². The molecular weight excluding hydrogens is 490 g/mol. The second-order valence-electron chi connectivity index (χ2n) is 9.35. The van der Waals surface area contributed by atoms with Gasteiger partial charge in [0, 0.05) is 18.2 Å². The third-order valence-electron chi connectivity index (χ3n) is 6.44. The first-order chi connectivity index (χ1) is 17.5. The van der Waals surface area contributed by atoms with Gasteiger partial charge in [-0.15, -0.1) is 0 Å². The Morgan fingerprint density at radius 3 is 2.54 bits per heavy atom. The quantitative estimate of drug-likeness (QED) is 0.298. The van der Waals surface area contributed by atoms with E-state index < -0.39 is 29.4 Å². The van der Waals surface area contributed by atoms with Crippen LogP contribution in [0, 0.1) is 18.7 Å². The summed E-state index contributed by atoms with van der Waals surface area (Å²) in [6.07, 6.45) is -2.74. The fraction of sp³-hybridized carbons (Fsp3) is 0.308. The van der Waals surface area contributed by atoms with Gasteiger partial charge in [-0.05, 0) is 56.4 Å². The molecule has 1 aliphatic rings. The molecule has 2 aromatic heterocycles. The first-order valence-electron chi connectivity index (χ1n) is 11.7. The minimum Gasteiger partial charge on any atom is -0.475 e. The summed E-state index contributed by atoms with van der Waals surface area (Å²) < 4.78 is 55.4. The van der Waals surface area contributed by atoms with Crippen molar-refractivity contribution in [3.63, 3.8) is 0 Å². The van der Waals surface area contributed by atoms with Crippen molar-refractivity contribution >= 4 is 23.0 Å². The predicted octanol–water partition coefficient (Wildman–Crippen LogP) is 5.92. The van der Waals surface area contributed by atoms with Crippen LogP contribution < -0.4 is 5.32 Å². The van der Waals surface area contributed by atoms with Gasteiger partial charge in [0.25, 0.3) is 0 Å². The van der Waals surface area contributed by atoms with Gasteiger partial charge < -0.3 is 15.0 Å². The lowest BCUT2D eigenvalue weighted by atomic mass is 10.1. The summed E-state index contributed by atoms with van der Waals surface area (Å²) in [5.74, 6) is -2.07. The number of anilines is 1. The van der Waals surface area contributed by atoms with Crippen LogP contribution >= 0.6 is 0 Å². The molecule has 11 heteroatoms. The molecule has 192 valence electrons. The molecule has 0 amide bonds. The number of imidazole rings is 1. The van der Waals surface area contributed by atoms with Crippen LogP contribution in [0.4, 0.5) is 23.4 Å². The molecule has 2 heterocycles. The molecule has 1 atom stereocenters. The number of carboxylic acids is 1. The minimum atomic E-state index is -4.81. The maximum atomic E-state index is 14.4. The molecule has 1 aliphatic carbocycles. The number of benzene rings is 2. The molecule has 0 spiro atoms. The number of hydrogen-bond donors (Lipinski definition) is 2. The average Bonchev–Trinajstić information content (AvgIpc) is 3.60.